The number of nitrogens with one attached hydrogen (secondary N) is 2. The number of nitriles is 1. The minimum Gasteiger partial charge on any atom is -0.591 e. The number of aromatic amines is 2. The molecule has 2 aromatic heterocycles. The fourth-order valence-electron chi connectivity index (χ4n) is 3.40. The Morgan fingerprint density at radius 1 is 1.26 bits per heavy atom. The van der Waals surface area contributed by atoms with Gasteiger partial charge in [-0.15, -0.1) is 11.8 Å². The minimum absolute atomic E-state index is 0.521. The van der Waals surface area contributed by atoms with Crippen molar-refractivity contribution in [3.05, 3.63) is 59.0 Å². The number of aryl methyl sites for hydroxylation is 1. The molecular weight excluding hydrogens is 426 g/mol. The molecule has 158 valence electrons. The average Bonchev–Trinajstić information content (AvgIpc) is 3.38. The van der Waals surface area contributed by atoms with Crippen molar-refractivity contribution in [3.63, 3.8) is 0 Å². The number of nitrogens with zero attached hydrogens (tertiary/aromatic N) is 3. The molecule has 2 N–H and O–H groups in total. The van der Waals surface area contributed by atoms with Crippen molar-refractivity contribution in [3.8, 4) is 6.07 Å². The van der Waals surface area contributed by atoms with Crippen LogP contribution in [-0.4, -0.2) is 36.2 Å². The zero-order chi connectivity index (χ0) is 22.3. The van der Waals surface area contributed by atoms with E-state index in [0.29, 0.717) is 17.1 Å². The van der Waals surface area contributed by atoms with Crippen LogP contribution in [0.3, 0.4) is 0 Å². The highest BCUT2D eigenvalue weighted by atomic mass is 32.2. The topological polar surface area (TPSA) is 104 Å². The van der Waals surface area contributed by atoms with Crippen molar-refractivity contribution in [2.75, 3.05) is 6.26 Å². The molecule has 0 saturated carbocycles. The lowest BCUT2D eigenvalue weighted by molar-refractivity contribution is 0.561. The third kappa shape index (κ3) is 3.97. The molecule has 0 spiro atoms. The second-order valence-corrected chi connectivity index (χ2v) is 11.0. The lowest BCUT2D eigenvalue weighted by atomic mass is 10.0. The smallest absolute Gasteiger partial charge is 0.166 e. The fourth-order valence-corrected chi connectivity index (χ4v) is 4.72. The number of imidazole rings is 1. The summed E-state index contributed by atoms with van der Waals surface area (Å²) in [5.74, 6) is 0.532. The molecular formula is C23H23N5OS2. The van der Waals surface area contributed by atoms with Gasteiger partial charge < -0.3 is 14.5 Å². The summed E-state index contributed by atoms with van der Waals surface area (Å²) in [6, 6.07) is 11.6. The van der Waals surface area contributed by atoms with Crippen LogP contribution in [0, 0.1) is 18.3 Å². The molecule has 0 bridgehead atoms. The number of fused-ring (bicyclic) bond motifs is 2. The summed E-state index contributed by atoms with van der Waals surface area (Å²) < 4.78 is 17.3. The number of rotatable bonds is 4. The van der Waals surface area contributed by atoms with E-state index in [4.69, 9.17) is 9.38 Å². The summed E-state index contributed by atoms with van der Waals surface area (Å²) in [4.78, 5) is 12.4. The first-order valence-corrected chi connectivity index (χ1v) is 12.1. The summed E-state index contributed by atoms with van der Waals surface area (Å²) in [5.41, 5.74) is 5.62. The van der Waals surface area contributed by atoms with Crippen molar-refractivity contribution in [2.24, 2.45) is 4.40 Å². The zero-order valence-corrected chi connectivity index (χ0v) is 19.7. The van der Waals surface area contributed by atoms with Crippen LogP contribution in [0.4, 0.5) is 0 Å². The van der Waals surface area contributed by atoms with Crippen molar-refractivity contribution in [1.82, 2.24) is 15.0 Å². The van der Waals surface area contributed by atoms with Gasteiger partial charge in [0.05, 0.1) is 22.7 Å². The second-order valence-electron chi connectivity index (χ2n) is 8.27. The van der Waals surface area contributed by atoms with E-state index in [2.05, 4.69) is 29.0 Å². The molecule has 1 unspecified atom stereocenters. The van der Waals surface area contributed by atoms with Crippen LogP contribution in [0.1, 0.15) is 43.3 Å². The third-order valence-corrected chi connectivity index (χ3v) is 7.15. The van der Waals surface area contributed by atoms with E-state index in [9.17, 15) is 9.81 Å². The standard InChI is InChI=1S/C23H23N5OS2/c1-13-10-18(30-5)19(15-8-9-25-20(13)15)21(28-31(29)23(2,3)4)22-26-16-7-6-14(12-24)11-17(16)27-22/h6-11,25H,1-5H3,(H,26,27)/b28-21+. The van der Waals surface area contributed by atoms with Crippen LogP contribution >= 0.6 is 11.8 Å². The van der Waals surface area contributed by atoms with E-state index in [0.717, 1.165) is 38.0 Å². The zero-order valence-electron chi connectivity index (χ0n) is 18.0. The maximum Gasteiger partial charge on any atom is 0.166 e. The lowest BCUT2D eigenvalue weighted by Crippen LogP contribution is -2.27. The Morgan fingerprint density at radius 3 is 2.71 bits per heavy atom. The summed E-state index contributed by atoms with van der Waals surface area (Å²) in [7, 11) is 0. The molecule has 0 amide bonds. The van der Waals surface area contributed by atoms with E-state index in [-0.39, 0.29) is 0 Å². The van der Waals surface area contributed by atoms with E-state index in [1.807, 2.05) is 45.4 Å². The van der Waals surface area contributed by atoms with Crippen molar-refractivity contribution >= 4 is 50.8 Å². The highest BCUT2D eigenvalue weighted by Crippen LogP contribution is 2.34. The molecule has 8 heteroatoms. The Labute approximate surface area is 188 Å². The van der Waals surface area contributed by atoms with Crippen molar-refractivity contribution in [1.29, 1.82) is 5.26 Å². The first-order chi connectivity index (χ1) is 14.7. The lowest BCUT2D eigenvalue weighted by Gasteiger charge is -2.20. The van der Waals surface area contributed by atoms with E-state index < -0.39 is 16.1 Å². The molecule has 0 aliphatic heterocycles. The van der Waals surface area contributed by atoms with Gasteiger partial charge in [-0.1, -0.05) is 4.40 Å². The number of benzene rings is 2. The second kappa shape index (κ2) is 8.08. The summed E-state index contributed by atoms with van der Waals surface area (Å²) >= 11 is 0.134. The van der Waals surface area contributed by atoms with Gasteiger partial charge in [0.25, 0.3) is 0 Å². The number of thioether (sulfide) groups is 1. The number of H-pyrrole nitrogens is 2. The van der Waals surface area contributed by atoms with Crippen LogP contribution in [0.5, 0.6) is 0 Å². The number of aromatic nitrogens is 3. The molecule has 2 heterocycles. The Kier molecular flexibility index (Phi) is 5.60. The fraction of sp³-hybridized carbons (Fsp3) is 0.261. The Bertz CT molecular complexity index is 1350. The first-order valence-electron chi connectivity index (χ1n) is 9.79. The van der Waals surface area contributed by atoms with Crippen LogP contribution in [0.25, 0.3) is 21.9 Å². The predicted octanol–water partition coefficient (Wildman–Crippen LogP) is 5.25. The van der Waals surface area contributed by atoms with Gasteiger partial charge in [-0.05, 0) is 69.8 Å². The largest absolute Gasteiger partial charge is 0.591 e. The van der Waals surface area contributed by atoms with Gasteiger partial charge in [0.1, 0.15) is 16.1 Å². The Balaban J connectivity index is 2.03. The van der Waals surface area contributed by atoms with Gasteiger partial charge in [-0.3, -0.25) is 0 Å². The van der Waals surface area contributed by atoms with Gasteiger partial charge in [-0.25, -0.2) is 4.98 Å². The first kappa shape index (κ1) is 21.5. The number of hydrogen-bond donors (Lipinski definition) is 2. The van der Waals surface area contributed by atoms with Gasteiger partial charge in [0, 0.05) is 27.6 Å². The van der Waals surface area contributed by atoms with Gasteiger partial charge in [0.15, 0.2) is 11.5 Å². The monoisotopic (exact) mass is 449 g/mol. The predicted molar refractivity (Wildman–Crippen MR) is 129 cm³/mol. The summed E-state index contributed by atoms with van der Waals surface area (Å²) in [6.07, 6.45) is 3.92. The van der Waals surface area contributed by atoms with Crippen LogP contribution in [-0.2, 0) is 11.4 Å². The SMILES string of the molecule is CSc1cc(C)c2[nH]ccc2c1/C(=N\[S+]([O-])C(C)(C)C)c1nc2ccc(C#N)cc2[nH]1. The normalized spacial score (nSPS) is 13.6. The third-order valence-electron chi connectivity index (χ3n) is 4.99. The molecule has 2 aromatic carbocycles. The maximum absolute atomic E-state index is 13.1. The van der Waals surface area contributed by atoms with Crippen LogP contribution in [0.2, 0.25) is 0 Å². The molecule has 1 atom stereocenters. The molecule has 0 aliphatic rings. The highest BCUT2D eigenvalue weighted by molar-refractivity contribution is 7.98. The van der Waals surface area contributed by atoms with Crippen molar-refractivity contribution in [2.45, 2.75) is 37.3 Å². The van der Waals surface area contributed by atoms with Gasteiger partial charge in [-0.2, -0.15) is 5.26 Å². The van der Waals surface area contributed by atoms with Crippen molar-refractivity contribution < 1.29 is 4.55 Å². The van der Waals surface area contributed by atoms with E-state index in [1.54, 1.807) is 23.9 Å². The highest BCUT2D eigenvalue weighted by Gasteiger charge is 2.30. The van der Waals surface area contributed by atoms with E-state index in [1.165, 1.54) is 0 Å². The Morgan fingerprint density at radius 2 is 2.03 bits per heavy atom. The maximum atomic E-state index is 13.1. The van der Waals surface area contributed by atoms with Crippen LogP contribution < -0.4 is 0 Å². The van der Waals surface area contributed by atoms with Crippen LogP contribution in [0.15, 0.2) is 45.8 Å². The molecule has 31 heavy (non-hydrogen) atoms. The molecule has 0 saturated heterocycles. The van der Waals surface area contributed by atoms with Gasteiger partial charge >= 0.3 is 0 Å². The quantitative estimate of drug-likeness (QED) is 0.252. The summed E-state index contributed by atoms with van der Waals surface area (Å²) in [6.45, 7) is 7.77. The minimum atomic E-state index is -1.49. The molecule has 4 rings (SSSR count). The van der Waals surface area contributed by atoms with Gasteiger partial charge in [0.2, 0.25) is 0 Å². The summed E-state index contributed by atoms with van der Waals surface area (Å²) in [5, 5.41) is 10.2. The average molecular weight is 450 g/mol. The molecule has 6 nitrogen and oxygen atoms in total. The number of hydrogen-bond acceptors (Lipinski definition) is 5. The molecule has 4 aromatic rings. The Hall–Kier alpha value is -2.73. The molecule has 0 aliphatic carbocycles. The van der Waals surface area contributed by atoms with E-state index >= 15 is 0 Å². The molecule has 0 radical (unpaired) electrons. The molecule has 0 fully saturated rings.